The fraction of sp³-hybridized carbons (Fsp3) is 0.400. The maximum absolute atomic E-state index is 12.0. The molecule has 2 rings (SSSR count). The van der Waals surface area contributed by atoms with Gasteiger partial charge in [-0.15, -0.1) is 0 Å². The molecule has 0 saturated carbocycles. The highest BCUT2D eigenvalue weighted by molar-refractivity contribution is 7.18. The van der Waals surface area contributed by atoms with E-state index in [0.29, 0.717) is 21.0 Å². The van der Waals surface area contributed by atoms with Gasteiger partial charge in [0.05, 0.1) is 0 Å². The molecular formula is C10H14N6OS2. The van der Waals surface area contributed by atoms with E-state index in [9.17, 15) is 4.79 Å². The largest absolute Gasteiger partial charge is 0.382 e. The summed E-state index contributed by atoms with van der Waals surface area (Å²) in [6.45, 7) is 4.61. The number of rotatable bonds is 5. The Hall–Kier alpha value is -1.74. The van der Waals surface area contributed by atoms with Crippen LogP contribution in [0.4, 0.5) is 16.1 Å². The summed E-state index contributed by atoms with van der Waals surface area (Å²) in [5.41, 5.74) is 5.74. The molecule has 0 aliphatic rings. The molecule has 0 bridgehead atoms. The van der Waals surface area contributed by atoms with E-state index in [4.69, 9.17) is 5.73 Å². The molecule has 0 unspecified atom stereocenters. The van der Waals surface area contributed by atoms with Crippen molar-refractivity contribution in [2.45, 2.75) is 20.3 Å². The van der Waals surface area contributed by atoms with Crippen LogP contribution in [0.3, 0.4) is 0 Å². The zero-order valence-corrected chi connectivity index (χ0v) is 12.2. The van der Waals surface area contributed by atoms with Crippen molar-refractivity contribution in [3.8, 4) is 0 Å². The van der Waals surface area contributed by atoms with E-state index in [1.807, 2.05) is 0 Å². The fourth-order valence-electron chi connectivity index (χ4n) is 1.30. The molecule has 0 aliphatic heterocycles. The first-order chi connectivity index (χ1) is 9.10. The molecule has 4 N–H and O–H groups in total. The highest BCUT2D eigenvalue weighted by Crippen LogP contribution is 2.26. The molecule has 2 aromatic heterocycles. The summed E-state index contributed by atoms with van der Waals surface area (Å²) >= 11 is 2.36. The average molecular weight is 298 g/mol. The number of nitrogen functional groups attached to an aromatic ring is 1. The molecule has 0 fully saturated rings. The average Bonchev–Trinajstić information content (AvgIpc) is 2.93. The molecular weight excluding hydrogens is 284 g/mol. The minimum atomic E-state index is -0.310. The smallest absolute Gasteiger partial charge is 0.271 e. The number of hydrogen-bond acceptors (Lipinski definition) is 8. The Kier molecular flexibility index (Phi) is 4.27. The van der Waals surface area contributed by atoms with Gasteiger partial charge in [0, 0.05) is 18.1 Å². The van der Waals surface area contributed by atoms with Gasteiger partial charge < -0.3 is 11.1 Å². The van der Waals surface area contributed by atoms with Crippen LogP contribution < -0.4 is 16.4 Å². The lowest BCUT2D eigenvalue weighted by Crippen LogP contribution is -2.11. The Balaban J connectivity index is 2.08. The third-order valence-electron chi connectivity index (χ3n) is 2.13. The van der Waals surface area contributed by atoms with Crippen LogP contribution in [0, 0.1) is 6.92 Å². The SMILES string of the molecule is CCCNc1nc(N)c(C(=O)Nc2nc(C)ns2)s1. The lowest BCUT2D eigenvalue weighted by atomic mass is 10.5. The predicted octanol–water partition coefficient (Wildman–Crippen LogP) is 1.96. The van der Waals surface area contributed by atoms with Crippen molar-refractivity contribution in [2.75, 3.05) is 22.9 Å². The van der Waals surface area contributed by atoms with E-state index in [1.165, 1.54) is 11.3 Å². The van der Waals surface area contributed by atoms with Gasteiger partial charge in [-0.05, 0) is 13.3 Å². The van der Waals surface area contributed by atoms with E-state index in [1.54, 1.807) is 6.92 Å². The van der Waals surface area contributed by atoms with Crippen LogP contribution in [-0.4, -0.2) is 26.8 Å². The molecule has 2 heterocycles. The third-order valence-corrected chi connectivity index (χ3v) is 3.88. The van der Waals surface area contributed by atoms with Gasteiger partial charge in [0.2, 0.25) is 5.13 Å². The van der Waals surface area contributed by atoms with Crippen molar-refractivity contribution in [1.29, 1.82) is 0 Å². The van der Waals surface area contributed by atoms with E-state index in [0.717, 1.165) is 24.5 Å². The standard InChI is InChI=1S/C10H14N6OS2/c1-3-4-12-9-14-7(11)6(18-9)8(17)15-10-13-5(2)16-19-10/h3-4,11H2,1-2H3,(H,12,14)(H,13,15,16,17). The number of thiazole rings is 1. The molecule has 0 atom stereocenters. The van der Waals surface area contributed by atoms with Crippen molar-refractivity contribution < 1.29 is 4.79 Å². The number of nitrogens with zero attached hydrogens (tertiary/aromatic N) is 3. The van der Waals surface area contributed by atoms with Gasteiger partial charge in [-0.3, -0.25) is 10.1 Å². The van der Waals surface area contributed by atoms with E-state index < -0.39 is 0 Å². The molecule has 19 heavy (non-hydrogen) atoms. The number of amides is 1. The first-order valence-corrected chi connectivity index (χ1v) is 7.31. The zero-order chi connectivity index (χ0) is 13.8. The molecule has 2 aromatic rings. The molecule has 0 aromatic carbocycles. The summed E-state index contributed by atoms with van der Waals surface area (Å²) < 4.78 is 3.99. The third kappa shape index (κ3) is 3.38. The molecule has 7 nitrogen and oxygen atoms in total. The first-order valence-electron chi connectivity index (χ1n) is 5.72. The van der Waals surface area contributed by atoms with Gasteiger partial charge in [0.15, 0.2) is 5.13 Å². The quantitative estimate of drug-likeness (QED) is 0.779. The number of nitrogens with two attached hydrogens (primary N) is 1. The Bertz CT molecular complexity index is 578. The Morgan fingerprint density at radius 3 is 2.79 bits per heavy atom. The highest BCUT2D eigenvalue weighted by Gasteiger charge is 2.17. The van der Waals surface area contributed by atoms with Crippen LogP contribution in [0.25, 0.3) is 0 Å². The number of aromatic nitrogens is 3. The summed E-state index contributed by atoms with van der Waals surface area (Å²) in [6.07, 6.45) is 0.977. The van der Waals surface area contributed by atoms with E-state index >= 15 is 0 Å². The molecule has 9 heteroatoms. The summed E-state index contributed by atoms with van der Waals surface area (Å²) in [6, 6.07) is 0. The molecule has 0 spiro atoms. The lowest BCUT2D eigenvalue weighted by molar-refractivity contribution is 0.103. The summed E-state index contributed by atoms with van der Waals surface area (Å²) in [4.78, 5) is 20.6. The van der Waals surface area contributed by atoms with Crippen LogP contribution >= 0.6 is 22.9 Å². The number of carbonyl (C=O) groups is 1. The topological polar surface area (TPSA) is 106 Å². The van der Waals surface area contributed by atoms with Gasteiger partial charge in [0.1, 0.15) is 16.5 Å². The zero-order valence-electron chi connectivity index (χ0n) is 10.6. The normalized spacial score (nSPS) is 10.4. The molecule has 1 amide bonds. The summed E-state index contributed by atoms with van der Waals surface area (Å²) in [5.74, 6) is 0.543. The van der Waals surface area contributed by atoms with Crippen molar-refractivity contribution in [1.82, 2.24) is 14.3 Å². The van der Waals surface area contributed by atoms with Crippen LogP contribution in [0.2, 0.25) is 0 Å². The molecule has 102 valence electrons. The van der Waals surface area contributed by atoms with Crippen LogP contribution in [-0.2, 0) is 0 Å². The summed E-state index contributed by atoms with van der Waals surface area (Å²) in [7, 11) is 0. The number of aryl methyl sites for hydroxylation is 1. The number of hydrogen-bond donors (Lipinski definition) is 3. The van der Waals surface area contributed by atoms with Crippen LogP contribution in [0.5, 0.6) is 0 Å². The monoisotopic (exact) mass is 298 g/mol. The molecule has 0 radical (unpaired) electrons. The predicted molar refractivity (Wildman–Crippen MR) is 77.9 cm³/mol. The second kappa shape index (κ2) is 5.93. The maximum Gasteiger partial charge on any atom is 0.271 e. The number of carbonyl (C=O) groups excluding carboxylic acids is 1. The van der Waals surface area contributed by atoms with Crippen LogP contribution in [0.1, 0.15) is 28.8 Å². The van der Waals surface area contributed by atoms with Crippen LogP contribution in [0.15, 0.2) is 0 Å². The van der Waals surface area contributed by atoms with Crippen molar-refractivity contribution >= 4 is 44.9 Å². The second-order valence-electron chi connectivity index (χ2n) is 3.76. The maximum atomic E-state index is 12.0. The van der Waals surface area contributed by atoms with Crippen molar-refractivity contribution in [3.05, 3.63) is 10.7 Å². The van der Waals surface area contributed by atoms with Crippen molar-refractivity contribution in [3.63, 3.8) is 0 Å². The van der Waals surface area contributed by atoms with Gasteiger partial charge in [0.25, 0.3) is 5.91 Å². The first kappa shape index (κ1) is 13.7. The van der Waals surface area contributed by atoms with Gasteiger partial charge in [-0.1, -0.05) is 18.3 Å². The number of nitrogens with one attached hydrogen (secondary N) is 2. The van der Waals surface area contributed by atoms with Gasteiger partial charge >= 0.3 is 0 Å². The van der Waals surface area contributed by atoms with E-state index in [-0.39, 0.29) is 11.7 Å². The molecule has 0 saturated heterocycles. The Labute approximate surface area is 118 Å². The van der Waals surface area contributed by atoms with Gasteiger partial charge in [-0.25, -0.2) is 9.97 Å². The minimum absolute atomic E-state index is 0.224. The highest BCUT2D eigenvalue weighted by atomic mass is 32.1. The van der Waals surface area contributed by atoms with E-state index in [2.05, 4.69) is 31.9 Å². The fourth-order valence-corrected chi connectivity index (χ4v) is 2.68. The lowest BCUT2D eigenvalue weighted by Gasteiger charge is -1.98. The van der Waals surface area contributed by atoms with Gasteiger partial charge in [-0.2, -0.15) is 4.37 Å². The molecule has 0 aliphatic carbocycles. The Morgan fingerprint density at radius 1 is 1.37 bits per heavy atom. The summed E-state index contributed by atoms with van der Waals surface area (Å²) in [5, 5.41) is 6.87. The Morgan fingerprint density at radius 2 is 2.16 bits per heavy atom. The van der Waals surface area contributed by atoms with Crippen molar-refractivity contribution in [2.24, 2.45) is 0 Å². The minimum Gasteiger partial charge on any atom is -0.382 e. The number of anilines is 3. The second-order valence-corrected chi connectivity index (χ2v) is 5.51.